The van der Waals surface area contributed by atoms with E-state index in [0.29, 0.717) is 33.8 Å². The van der Waals surface area contributed by atoms with Crippen molar-refractivity contribution in [3.8, 4) is 22.8 Å². The van der Waals surface area contributed by atoms with Crippen LogP contribution in [0, 0.1) is 12.7 Å². The highest BCUT2D eigenvalue weighted by molar-refractivity contribution is 7.92. The lowest BCUT2D eigenvalue weighted by Gasteiger charge is -2.08. The largest absolute Gasteiger partial charge is 0.504 e. The van der Waals surface area contributed by atoms with Crippen LogP contribution in [0.15, 0.2) is 64.1 Å². The number of aliphatic imine (C=N–C) groups is 1. The van der Waals surface area contributed by atoms with Crippen LogP contribution < -0.4 is 9.46 Å². The second-order valence-electron chi connectivity index (χ2n) is 7.24. The fourth-order valence-corrected chi connectivity index (χ4v) is 5.44. The van der Waals surface area contributed by atoms with E-state index in [-0.39, 0.29) is 20.9 Å². The first-order chi connectivity index (χ1) is 16.7. The summed E-state index contributed by atoms with van der Waals surface area (Å²) < 4.78 is 46.7. The molecule has 2 aromatic heterocycles. The average molecular weight is 533 g/mol. The number of nitrogens with zero attached hydrogens (tertiary/aromatic N) is 3. The third-order valence-corrected chi connectivity index (χ3v) is 7.39. The van der Waals surface area contributed by atoms with Gasteiger partial charge in [-0.05, 0) is 48.9 Å². The fraction of sp³-hybridized carbons (Fsp3) is 0.0870. The van der Waals surface area contributed by atoms with E-state index in [2.05, 4.69) is 19.7 Å². The number of phenols is 1. The Bertz CT molecular complexity index is 1540. The molecule has 0 aliphatic rings. The molecule has 0 atom stereocenters. The van der Waals surface area contributed by atoms with Crippen LogP contribution in [0.2, 0.25) is 5.02 Å². The van der Waals surface area contributed by atoms with Crippen molar-refractivity contribution in [3.05, 3.63) is 76.0 Å². The number of hydrogen-bond acceptors (Lipinski definition) is 8. The van der Waals surface area contributed by atoms with Crippen molar-refractivity contribution >= 4 is 50.0 Å². The molecule has 12 heteroatoms. The number of phenolic OH excluding ortho intramolecular Hbond substituents is 1. The average Bonchev–Trinajstić information content (AvgIpc) is 3.27. The van der Waals surface area contributed by atoms with Gasteiger partial charge in [0.25, 0.3) is 10.0 Å². The van der Waals surface area contributed by atoms with Gasteiger partial charge >= 0.3 is 0 Å². The Morgan fingerprint density at radius 2 is 2.06 bits per heavy atom. The zero-order valence-corrected chi connectivity index (χ0v) is 20.7. The lowest BCUT2D eigenvalue weighted by atomic mass is 10.2. The number of aromatic nitrogens is 2. The summed E-state index contributed by atoms with van der Waals surface area (Å²) in [7, 11) is -2.59. The third-order valence-electron chi connectivity index (χ3n) is 4.81. The molecule has 2 heterocycles. The third kappa shape index (κ3) is 5.42. The zero-order valence-electron chi connectivity index (χ0n) is 18.4. The molecular formula is C23H18ClFN4O4S2. The molecule has 0 unspecified atom stereocenters. The number of nitrogens with one attached hydrogen (secondary N) is 1. The summed E-state index contributed by atoms with van der Waals surface area (Å²) >= 11 is 6.89. The molecule has 2 aromatic carbocycles. The van der Waals surface area contributed by atoms with Gasteiger partial charge in [-0.25, -0.2) is 14.4 Å². The van der Waals surface area contributed by atoms with Gasteiger partial charge in [0.05, 0.1) is 29.7 Å². The Hall–Kier alpha value is -3.54. The first kappa shape index (κ1) is 24.6. The van der Waals surface area contributed by atoms with Crippen LogP contribution in [0.5, 0.6) is 11.5 Å². The van der Waals surface area contributed by atoms with E-state index in [1.165, 1.54) is 37.7 Å². The van der Waals surface area contributed by atoms with Gasteiger partial charge in [-0.2, -0.15) is 8.42 Å². The van der Waals surface area contributed by atoms with Crippen LogP contribution in [0.4, 0.5) is 15.2 Å². The number of rotatable bonds is 7. The smallest absolute Gasteiger partial charge is 0.281 e. The number of sulfonamides is 1. The summed E-state index contributed by atoms with van der Waals surface area (Å²) in [5, 5.41) is 11.7. The van der Waals surface area contributed by atoms with Crippen LogP contribution in [-0.4, -0.2) is 36.8 Å². The summed E-state index contributed by atoms with van der Waals surface area (Å²) in [5.41, 5.74) is 2.20. The Morgan fingerprint density at radius 3 is 2.77 bits per heavy atom. The molecule has 0 saturated carbocycles. The van der Waals surface area contributed by atoms with Crippen molar-refractivity contribution < 1.29 is 22.7 Å². The topological polar surface area (TPSA) is 114 Å². The quantitative estimate of drug-likeness (QED) is 0.301. The molecule has 35 heavy (non-hydrogen) atoms. The number of benzene rings is 2. The number of halogens is 2. The summed E-state index contributed by atoms with van der Waals surface area (Å²) in [6, 6.07) is 10.7. The lowest BCUT2D eigenvalue weighted by Crippen LogP contribution is -2.15. The van der Waals surface area contributed by atoms with E-state index in [4.69, 9.17) is 16.3 Å². The first-order valence-electron chi connectivity index (χ1n) is 9.98. The van der Waals surface area contributed by atoms with E-state index in [0.717, 1.165) is 11.3 Å². The summed E-state index contributed by atoms with van der Waals surface area (Å²) in [6.07, 6.45) is 2.74. The molecule has 0 saturated heterocycles. The van der Waals surface area contributed by atoms with Crippen LogP contribution in [0.1, 0.15) is 11.1 Å². The molecule has 2 N–H and O–H groups in total. The Labute approximate surface area is 209 Å². The van der Waals surface area contributed by atoms with E-state index in [9.17, 15) is 17.9 Å². The highest BCUT2D eigenvalue weighted by atomic mass is 35.5. The summed E-state index contributed by atoms with van der Waals surface area (Å²) in [6.45, 7) is 1.59. The molecule has 4 aromatic rings. The van der Waals surface area contributed by atoms with Gasteiger partial charge < -0.3 is 9.84 Å². The number of thiazole rings is 1. The number of anilines is 1. The highest BCUT2D eigenvalue weighted by Gasteiger charge is 2.21. The molecule has 180 valence electrons. The number of aryl methyl sites for hydroxylation is 1. The van der Waals surface area contributed by atoms with Gasteiger partial charge in [0.1, 0.15) is 5.82 Å². The minimum atomic E-state index is -4.03. The number of hydrogen-bond donors (Lipinski definition) is 2. The second-order valence-corrected chi connectivity index (χ2v) is 10.1. The number of methoxy groups -OCH3 is 1. The standard InChI is InChI=1S/C23H18ClFN4O4S2/c1-13-8-16(26-10-15-4-3-5-20(33-2)21(15)30)11-27-22(13)35(31,32)29-23-28-19(12-34-23)14-6-7-18(25)17(24)9-14/h3-12,30H,1-2H3,(H,28,29)/b26-10+. The monoisotopic (exact) mass is 532 g/mol. The number of pyridine rings is 1. The molecule has 0 aliphatic heterocycles. The minimum Gasteiger partial charge on any atom is -0.504 e. The van der Waals surface area contributed by atoms with Gasteiger partial charge in [0, 0.05) is 22.7 Å². The molecule has 0 spiro atoms. The molecule has 4 rings (SSSR count). The summed E-state index contributed by atoms with van der Waals surface area (Å²) in [4.78, 5) is 12.6. The van der Waals surface area contributed by atoms with E-state index >= 15 is 0 Å². The van der Waals surface area contributed by atoms with Gasteiger partial charge in [-0.3, -0.25) is 9.71 Å². The normalized spacial score (nSPS) is 11.7. The molecule has 0 bridgehead atoms. The zero-order chi connectivity index (χ0) is 25.2. The van der Waals surface area contributed by atoms with Crippen molar-refractivity contribution in [1.29, 1.82) is 0 Å². The van der Waals surface area contributed by atoms with Gasteiger partial charge in [-0.1, -0.05) is 17.7 Å². The fourth-order valence-electron chi connectivity index (χ4n) is 3.12. The van der Waals surface area contributed by atoms with Crippen LogP contribution in [0.25, 0.3) is 11.3 Å². The predicted octanol–water partition coefficient (Wildman–Crippen LogP) is 5.57. The van der Waals surface area contributed by atoms with Crippen LogP contribution in [-0.2, 0) is 10.0 Å². The number of aromatic hydroxyl groups is 1. The lowest BCUT2D eigenvalue weighted by molar-refractivity contribution is 0.373. The van der Waals surface area contributed by atoms with Crippen molar-refractivity contribution in [2.24, 2.45) is 4.99 Å². The van der Waals surface area contributed by atoms with Gasteiger partial charge in [0.2, 0.25) is 0 Å². The van der Waals surface area contributed by atoms with E-state index in [1.54, 1.807) is 36.6 Å². The van der Waals surface area contributed by atoms with Crippen LogP contribution in [0.3, 0.4) is 0 Å². The van der Waals surface area contributed by atoms with Crippen molar-refractivity contribution in [2.45, 2.75) is 11.9 Å². The van der Waals surface area contributed by atoms with E-state index < -0.39 is 15.8 Å². The number of para-hydroxylation sites is 1. The molecular weight excluding hydrogens is 515 g/mol. The second kappa shape index (κ2) is 9.98. The molecule has 0 amide bonds. The van der Waals surface area contributed by atoms with Gasteiger partial charge in [-0.15, -0.1) is 11.3 Å². The van der Waals surface area contributed by atoms with E-state index in [1.807, 2.05) is 0 Å². The maximum absolute atomic E-state index is 13.4. The first-order valence-corrected chi connectivity index (χ1v) is 12.7. The number of ether oxygens (including phenoxy) is 1. The molecule has 0 fully saturated rings. The Morgan fingerprint density at radius 1 is 1.26 bits per heavy atom. The van der Waals surface area contributed by atoms with Crippen molar-refractivity contribution in [2.75, 3.05) is 11.8 Å². The van der Waals surface area contributed by atoms with Crippen LogP contribution >= 0.6 is 22.9 Å². The Kier molecular flexibility index (Phi) is 7.01. The maximum atomic E-state index is 13.4. The molecule has 8 nitrogen and oxygen atoms in total. The van der Waals surface area contributed by atoms with Crippen molar-refractivity contribution in [3.63, 3.8) is 0 Å². The maximum Gasteiger partial charge on any atom is 0.281 e. The highest BCUT2D eigenvalue weighted by Crippen LogP contribution is 2.31. The predicted molar refractivity (Wildman–Crippen MR) is 134 cm³/mol. The minimum absolute atomic E-state index is 0.0539. The summed E-state index contributed by atoms with van der Waals surface area (Å²) in [5.74, 6) is -0.303. The molecule has 0 aliphatic carbocycles. The van der Waals surface area contributed by atoms with Crippen molar-refractivity contribution in [1.82, 2.24) is 9.97 Å². The SMILES string of the molecule is COc1cccc(/C=N/c2cnc(S(=O)(=O)Nc3nc(-c4ccc(F)c(Cl)c4)cs3)c(C)c2)c1O. The molecule has 0 radical (unpaired) electrons. The Balaban J connectivity index is 1.53. The van der Waals surface area contributed by atoms with Gasteiger partial charge in [0.15, 0.2) is 21.7 Å².